The van der Waals surface area contributed by atoms with Gasteiger partial charge in [-0.05, 0) is 64.9 Å². The van der Waals surface area contributed by atoms with Crippen LogP contribution >= 0.6 is 0 Å². The predicted octanol–water partition coefficient (Wildman–Crippen LogP) is 11.2. The highest BCUT2D eigenvalue weighted by Gasteiger charge is 2.18. The largest absolute Gasteiger partial charge is 0.456 e. The van der Waals surface area contributed by atoms with Crippen LogP contribution in [0.1, 0.15) is 24.8 Å². The summed E-state index contributed by atoms with van der Waals surface area (Å²) in [7, 11) is 0. The second kappa shape index (κ2) is 11.5. The van der Waals surface area contributed by atoms with Gasteiger partial charge in [-0.2, -0.15) is 0 Å². The molecular weight excluding hydrogens is 574 g/mol. The van der Waals surface area contributed by atoms with Gasteiger partial charge in [-0.25, -0.2) is 15.0 Å². The van der Waals surface area contributed by atoms with Gasteiger partial charge in [0.1, 0.15) is 11.2 Å². The summed E-state index contributed by atoms with van der Waals surface area (Å²) < 4.78 is 6.22. The molecule has 9 rings (SSSR count). The standard InChI is InChI=1S/C43H31N3O/c1-2-9-28(10-3-1)30-17-19-31(20-18-30)32-21-24-33(25-22-32)41-44-42(35-26-23-29-11-4-5-12-34(29)27-35)46-43(45-41)37-14-8-16-39-40(37)36-13-6-7-15-38(36)47-39/h2,4-17,19-27,30H,1,3,18H2. The van der Waals surface area contributed by atoms with Gasteiger partial charge in [0.05, 0.1) is 0 Å². The molecule has 4 heteroatoms. The van der Waals surface area contributed by atoms with Crippen molar-refractivity contribution in [1.82, 2.24) is 15.0 Å². The lowest BCUT2D eigenvalue weighted by atomic mass is 9.86. The molecule has 0 N–H and O–H groups in total. The average Bonchev–Trinajstić information content (AvgIpc) is 3.54. The van der Waals surface area contributed by atoms with E-state index < -0.39 is 0 Å². The van der Waals surface area contributed by atoms with E-state index in [4.69, 9.17) is 19.4 Å². The third-order valence-electron chi connectivity index (χ3n) is 9.31. The molecule has 0 saturated carbocycles. The zero-order valence-electron chi connectivity index (χ0n) is 25.8. The van der Waals surface area contributed by atoms with E-state index in [0.717, 1.165) is 63.3 Å². The van der Waals surface area contributed by atoms with Crippen molar-refractivity contribution >= 4 is 38.3 Å². The van der Waals surface area contributed by atoms with Crippen molar-refractivity contribution in [1.29, 1.82) is 0 Å². The fourth-order valence-corrected chi connectivity index (χ4v) is 6.85. The molecule has 0 bridgehead atoms. The number of allylic oxidation sites excluding steroid dienone is 8. The molecule has 1 atom stereocenters. The highest BCUT2D eigenvalue weighted by molar-refractivity contribution is 6.11. The fraction of sp³-hybridized carbons (Fsp3) is 0.0930. The number of rotatable bonds is 5. The van der Waals surface area contributed by atoms with Crippen LogP contribution in [-0.2, 0) is 0 Å². The fourth-order valence-electron chi connectivity index (χ4n) is 6.85. The van der Waals surface area contributed by atoms with Gasteiger partial charge in [0.15, 0.2) is 17.5 Å². The lowest BCUT2D eigenvalue weighted by Crippen LogP contribution is -2.03. The number of furan rings is 1. The van der Waals surface area contributed by atoms with Crippen LogP contribution in [0.2, 0.25) is 0 Å². The smallest absolute Gasteiger partial charge is 0.164 e. The lowest BCUT2D eigenvalue weighted by molar-refractivity contribution is 0.669. The highest BCUT2D eigenvalue weighted by atomic mass is 16.3. The van der Waals surface area contributed by atoms with Crippen LogP contribution in [0.4, 0.5) is 0 Å². The predicted molar refractivity (Wildman–Crippen MR) is 193 cm³/mol. The quantitative estimate of drug-likeness (QED) is 0.196. The van der Waals surface area contributed by atoms with Crippen LogP contribution < -0.4 is 0 Å². The molecule has 0 amide bonds. The maximum atomic E-state index is 6.22. The van der Waals surface area contributed by atoms with Crippen LogP contribution in [0.15, 0.2) is 156 Å². The van der Waals surface area contributed by atoms with E-state index in [-0.39, 0.29) is 0 Å². The van der Waals surface area contributed by atoms with Gasteiger partial charge in [-0.15, -0.1) is 0 Å². The number of benzene rings is 5. The second-order valence-corrected chi connectivity index (χ2v) is 12.3. The van der Waals surface area contributed by atoms with Crippen LogP contribution in [0.5, 0.6) is 0 Å². The molecule has 2 aliphatic rings. The lowest BCUT2D eigenvalue weighted by Gasteiger charge is -2.19. The maximum Gasteiger partial charge on any atom is 0.164 e. The topological polar surface area (TPSA) is 51.8 Å². The molecule has 2 heterocycles. The summed E-state index contributed by atoms with van der Waals surface area (Å²) in [5.41, 5.74) is 8.35. The van der Waals surface area contributed by atoms with E-state index in [1.54, 1.807) is 0 Å². The third kappa shape index (κ3) is 5.08. The first kappa shape index (κ1) is 27.4. The Labute approximate surface area is 273 Å². The highest BCUT2D eigenvalue weighted by Crippen LogP contribution is 2.37. The molecular formula is C43H31N3O. The van der Waals surface area contributed by atoms with Gasteiger partial charge >= 0.3 is 0 Å². The van der Waals surface area contributed by atoms with Crippen molar-refractivity contribution in [2.45, 2.75) is 19.3 Å². The number of hydrogen-bond donors (Lipinski definition) is 0. The number of hydrogen-bond acceptors (Lipinski definition) is 4. The monoisotopic (exact) mass is 605 g/mol. The van der Waals surface area contributed by atoms with Gasteiger partial charge in [-0.3, -0.25) is 0 Å². The Balaban J connectivity index is 1.13. The molecule has 47 heavy (non-hydrogen) atoms. The van der Waals surface area contributed by atoms with Gasteiger partial charge in [-0.1, -0.05) is 127 Å². The Bertz CT molecular complexity index is 2440. The molecule has 2 aliphatic carbocycles. The molecule has 0 radical (unpaired) electrons. The number of aromatic nitrogens is 3. The average molecular weight is 606 g/mol. The van der Waals surface area contributed by atoms with E-state index >= 15 is 0 Å². The molecule has 1 unspecified atom stereocenters. The number of fused-ring (bicyclic) bond motifs is 4. The Morgan fingerprint density at radius 2 is 1.32 bits per heavy atom. The Kier molecular flexibility index (Phi) is 6.71. The van der Waals surface area contributed by atoms with Crippen molar-refractivity contribution in [3.05, 3.63) is 157 Å². The first-order valence-electron chi connectivity index (χ1n) is 16.3. The molecule has 0 saturated heterocycles. The summed E-state index contributed by atoms with van der Waals surface area (Å²) >= 11 is 0. The molecule has 7 aromatic rings. The van der Waals surface area contributed by atoms with Crippen molar-refractivity contribution in [3.63, 3.8) is 0 Å². The van der Waals surface area contributed by atoms with Crippen LogP contribution in [0.25, 0.3) is 72.4 Å². The molecule has 0 spiro atoms. The molecule has 0 fully saturated rings. The molecule has 4 nitrogen and oxygen atoms in total. The van der Waals surface area contributed by atoms with Crippen molar-refractivity contribution < 1.29 is 4.42 Å². The van der Waals surface area contributed by atoms with Crippen LogP contribution in [0.3, 0.4) is 0 Å². The first-order valence-corrected chi connectivity index (χ1v) is 16.3. The van der Waals surface area contributed by atoms with Crippen molar-refractivity contribution in [2.75, 3.05) is 0 Å². The molecule has 2 aromatic heterocycles. The van der Waals surface area contributed by atoms with Crippen molar-refractivity contribution in [2.24, 2.45) is 5.92 Å². The summed E-state index contributed by atoms with van der Waals surface area (Å²) in [6, 6.07) is 37.6. The van der Waals surface area contributed by atoms with Crippen LogP contribution in [-0.4, -0.2) is 15.0 Å². The van der Waals surface area contributed by atoms with E-state index in [1.807, 2.05) is 30.3 Å². The van der Waals surface area contributed by atoms with Crippen molar-refractivity contribution in [3.8, 4) is 34.2 Å². The van der Waals surface area contributed by atoms with Gasteiger partial charge in [0.2, 0.25) is 0 Å². The summed E-state index contributed by atoms with van der Waals surface area (Å²) in [6.07, 6.45) is 17.2. The molecule has 5 aromatic carbocycles. The number of para-hydroxylation sites is 1. The maximum absolute atomic E-state index is 6.22. The minimum atomic E-state index is 0.462. The van der Waals surface area contributed by atoms with Gasteiger partial charge in [0, 0.05) is 33.4 Å². The second-order valence-electron chi connectivity index (χ2n) is 12.3. The Morgan fingerprint density at radius 3 is 2.15 bits per heavy atom. The number of nitrogens with zero attached hydrogens (tertiary/aromatic N) is 3. The zero-order chi connectivity index (χ0) is 31.2. The summed E-state index contributed by atoms with van der Waals surface area (Å²) in [4.78, 5) is 15.2. The Hall–Kier alpha value is -5.87. The SMILES string of the molecule is C1=CC(C2C=CC(c3ccc(-c4nc(-c5ccc6ccccc6c5)nc(-c5cccc6oc7ccccc7c56)n4)cc3)=CC2)=CCC1. The van der Waals surface area contributed by atoms with E-state index in [9.17, 15) is 0 Å². The zero-order valence-corrected chi connectivity index (χ0v) is 25.8. The Morgan fingerprint density at radius 1 is 0.574 bits per heavy atom. The summed E-state index contributed by atoms with van der Waals surface area (Å²) in [6.45, 7) is 0. The van der Waals surface area contributed by atoms with E-state index in [0.29, 0.717) is 23.4 Å². The van der Waals surface area contributed by atoms with E-state index in [2.05, 4.69) is 115 Å². The van der Waals surface area contributed by atoms with E-state index in [1.165, 1.54) is 22.1 Å². The summed E-state index contributed by atoms with van der Waals surface area (Å²) in [5, 5.41) is 4.38. The normalized spacial score (nSPS) is 16.1. The first-order chi connectivity index (χ1) is 23.3. The summed E-state index contributed by atoms with van der Waals surface area (Å²) in [5.74, 6) is 2.36. The molecule has 0 aliphatic heterocycles. The third-order valence-corrected chi connectivity index (χ3v) is 9.31. The van der Waals surface area contributed by atoms with Crippen LogP contribution in [0, 0.1) is 5.92 Å². The minimum Gasteiger partial charge on any atom is -0.456 e. The van der Waals surface area contributed by atoms with Gasteiger partial charge in [0.25, 0.3) is 0 Å². The minimum absolute atomic E-state index is 0.462. The van der Waals surface area contributed by atoms with Gasteiger partial charge < -0.3 is 4.42 Å². The molecule has 224 valence electrons.